The summed E-state index contributed by atoms with van der Waals surface area (Å²) in [6.45, 7) is 4.01. The second kappa shape index (κ2) is 9.60. The van der Waals surface area contributed by atoms with Crippen molar-refractivity contribution in [3.05, 3.63) is 64.1 Å². The van der Waals surface area contributed by atoms with E-state index in [1.807, 2.05) is 30.5 Å². The number of piperidine rings is 1. The molecule has 0 bridgehead atoms. The summed E-state index contributed by atoms with van der Waals surface area (Å²) in [6.07, 6.45) is 9.35. The zero-order valence-electron chi connectivity index (χ0n) is 18.0. The summed E-state index contributed by atoms with van der Waals surface area (Å²) >= 11 is 1.18. The van der Waals surface area contributed by atoms with E-state index < -0.39 is 5.91 Å². The van der Waals surface area contributed by atoms with Crippen LogP contribution in [0.3, 0.4) is 0 Å². The molecule has 4 aromatic rings. The van der Waals surface area contributed by atoms with Gasteiger partial charge in [0, 0.05) is 35.2 Å². The molecule has 1 amide bonds. The van der Waals surface area contributed by atoms with E-state index in [4.69, 9.17) is 4.74 Å². The molecule has 1 aliphatic heterocycles. The first-order valence-corrected chi connectivity index (χ1v) is 11.8. The Bertz CT molecular complexity index is 1270. The lowest BCUT2D eigenvalue weighted by atomic mass is 10.1. The smallest absolute Gasteiger partial charge is 0.326 e. The summed E-state index contributed by atoms with van der Waals surface area (Å²) in [7, 11) is 0. The lowest BCUT2D eigenvalue weighted by molar-refractivity contribution is 0.100. The first-order chi connectivity index (χ1) is 16.2. The molecule has 8 nitrogen and oxygen atoms in total. The van der Waals surface area contributed by atoms with E-state index in [-0.39, 0.29) is 0 Å². The number of amides is 1. The number of aromatic nitrogens is 3. The summed E-state index contributed by atoms with van der Waals surface area (Å²) in [5, 5.41) is 8.70. The fourth-order valence-corrected chi connectivity index (χ4v) is 4.86. The average Bonchev–Trinajstić information content (AvgIpc) is 3.51. The van der Waals surface area contributed by atoms with Crippen LogP contribution in [0.25, 0.3) is 27.9 Å². The van der Waals surface area contributed by atoms with Gasteiger partial charge in [-0.3, -0.25) is 9.69 Å². The standard InChI is InChI=1S/C24H23N5O3S/c30-24(27-31)22-12-18(16-33-22)21-14-26-29-15-19(13-25-23(21)29)17-4-6-20(7-5-17)32-11-10-28-8-2-1-3-9-28/h4-7,12-16H,1-3,8-11H2. The number of nitrogens with zero attached hydrogens (tertiary/aromatic N) is 5. The molecule has 1 aromatic carbocycles. The lowest BCUT2D eigenvalue weighted by Gasteiger charge is -2.26. The Morgan fingerprint density at radius 1 is 1.06 bits per heavy atom. The average molecular weight is 462 g/mol. The predicted molar refractivity (Wildman–Crippen MR) is 128 cm³/mol. The van der Waals surface area contributed by atoms with Gasteiger partial charge in [0.2, 0.25) is 0 Å². The van der Waals surface area contributed by atoms with Gasteiger partial charge in [0.1, 0.15) is 12.4 Å². The molecule has 1 saturated heterocycles. The number of carbonyl (C=O) groups excluding carboxylic acids is 1. The molecule has 168 valence electrons. The van der Waals surface area contributed by atoms with Gasteiger partial charge in [0.05, 0.1) is 11.1 Å². The third kappa shape index (κ3) is 4.69. The van der Waals surface area contributed by atoms with E-state index in [1.165, 1.54) is 43.7 Å². The number of thiophene rings is 1. The highest BCUT2D eigenvalue weighted by molar-refractivity contribution is 7.12. The number of fused-ring (bicyclic) bond motifs is 1. The number of rotatable bonds is 7. The molecule has 9 heteroatoms. The van der Waals surface area contributed by atoms with Crippen LogP contribution in [0.5, 0.6) is 5.75 Å². The highest BCUT2D eigenvalue weighted by Crippen LogP contribution is 2.30. The molecule has 4 heterocycles. The summed E-state index contributed by atoms with van der Waals surface area (Å²) in [5.74, 6) is 0.0932. The van der Waals surface area contributed by atoms with Crippen molar-refractivity contribution >= 4 is 22.9 Å². The summed E-state index contributed by atoms with van der Waals surface area (Å²) in [6, 6.07) is 9.65. The predicted octanol–water partition coefficient (Wildman–Crippen LogP) is 4.90. The normalized spacial score (nSPS) is 14.4. The molecule has 33 heavy (non-hydrogen) atoms. The highest BCUT2D eigenvalue weighted by Gasteiger charge is 2.15. The zero-order chi connectivity index (χ0) is 22.6. The Labute approximate surface area is 194 Å². The minimum atomic E-state index is -0.767. The van der Waals surface area contributed by atoms with Crippen molar-refractivity contribution in [1.82, 2.24) is 19.5 Å². The van der Waals surface area contributed by atoms with Gasteiger partial charge >= 0.3 is 5.91 Å². The first kappa shape index (κ1) is 21.4. The molecule has 0 saturated carbocycles. The summed E-state index contributed by atoms with van der Waals surface area (Å²) in [4.78, 5) is 29.3. The van der Waals surface area contributed by atoms with Crippen LogP contribution in [0.1, 0.15) is 28.9 Å². The number of ether oxygens (including phenoxy) is 1. The number of hydrogen-bond acceptors (Lipinski definition) is 7. The maximum atomic E-state index is 11.5. The molecule has 0 radical (unpaired) electrons. The summed E-state index contributed by atoms with van der Waals surface area (Å²) < 4.78 is 7.64. The quantitative estimate of drug-likeness (QED) is 0.364. The van der Waals surface area contributed by atoms with Crippen LogP contribution in [0, 0.1) is 4.91 Å². The van der Waals surface area contributed by atoms with E-state index in [0.29, 0.717) is 17.1 Å². The van der Waals surface area contributed by atoms with Crippen LogP contribution in [0.4, 0.5) is 0 Å². The van der Waals surface area contributed by atoms with E-state index in [0.717, 1.165) is 34.5 Å². The molecule has 0 N–H and O–H groups in total. The van der Waals surface area contributed by atoms with Gasteiger partial charge in [0.15, 0.2) is 5.65 Å². The molecule has 0 unspecified atom stereocenters. The van der Waals surface area contributed by atoms with Crippen molar-refractivity contribution in [2.75, 3.05) is 26.2 Å². The van der Waals surface area contributed by atoms with E-state index in [1.54, 1.807) is 28.4 Å². The fourth-order valence-electron chi connectivity index (χ4n) is 4.08. The van der Waals surface area contributed by atoms with Crippen LogP contribution in [-0.2, 0) is 0 Å². The van der Waals surface area contributed by atoms with Crippen molar-refractivity contribution in [3.8, 4) is 28.0 Å². The van der Waals surface area contributed by atoms with Crippen molar-refractivity contribution in [2.45, 2.75) is 19.3 Å². The maximum Gasteiger partial charge on any atom is 0.326 e. The zero-order valence-corrected chi connectivity index (χ0v) is 18.8. The molecule has 1 fully saturated rings. The highest BCUT2D eigenvalue weighted by atomic mass is 32.1. The van der Waals surface area contributed by atoms with Crippen LogP contribution in [0.2, 0.25) is 0 Å². The molecule has 0 atom stereocenters. The second-order valence-electron chi connectivity index (χ2n) is 8.04. The Kier molecular flexibility index (Phi) is 6.23. The van der Waals surface area contributed by atoms with Gasteiger partial charge in [-0.2, -0.15) is 5.10 Å². The van der Waals surface area contributed by atoms with Gasteiger partial charge in [-0.1, -0.05) is 18.6 Å². The largest absolute Gasteiger partial charge is 0.492 e. The molecule has 3 aromatic heterocycles. The van der Waals surface area contributed by atoms with Crippen molar-refractivity contribution in [1.29, 1.82) is 0 Å². The fraction of sp³-hybridized carbons (Fsp3) is 0.292. The second-order valence-corrected chi connectivity index (χ2v) is 8.95. The monoisotopic (exact) mass is 461 g/mol. The van der Waals surface area contributed by atoms with Crippen LogP contribution < -0.4 is 4.74 Å². The first-order valence-electron chi connectivity index (χ1n) is 11.0. The van der Waals surface area contributed by atoms with Gasteiger partial charge < -0.3 is 4.74 Å². The Morgan fingerprint density at radius 3 is 2.67 bits per heavy atom. The van der Waals surface area contributed by atoms with Crippen molar-refractivity contribution < 1.29 is 9.53 Å². The van der Waals surface area contributed by atoms with Crippen LogP contribution >= 0.6 is 11.3 Å². The maximum absolute atomic E-state index is 11.5. The van der Waals surface area contributed by atoms with E-state index in [9.17, 15) is 9.70 Å². The van der Waals surface area contributed by atoms with Gasteiger partial charge in [-0.15, -0.1) is 16.2 Å². The number of likely N-dealkylation sites (tertiary alicyclic amines) is 1. The molecule has 1 aliphatic rings. The molecule has 5 rings (SSSR count). The molecular formula is C24H23N5O3S. The van der Waals surface area contributed by atoms with E-state index in [2.05, 4.69) is 20.2 Å². The van der Waals surface area contributed by atoms with Gasteiger partial charge in [-0.25, -0.2) is 9.50 Å². The summed E-state index contributed by atoms with van der Waals surface area (Å²) in [5.41, 5.74) is 4.20. The number of hydrogen-bond donors (Lipinski definition) is 0. The van der Waals surface area contributed by atoms with Crippen LogP contribution in [-0.4, -0.2) is 51.6 Å². The SMILES string of the molecule is O=NC(=O)c1cc(-c2cnn3cc(-c4ccc(OCCN5CCCCC5)cc4)cnc23)cs1. The van der Waals surface area contributed by atoms with Crippen molar-refractivity contribution in [3.63, 3.8) is 0 Å². The molecular weight excluding hydrogens is 438 g/mol. The Hall–Kier alpha value is -3.43. The van der Waals surface area contributed by atoms with Crippen LogP contribution in [0.15, 0.2) is 59.5 Å². The van der Waals surface area contributed by atoms with E-state index >= 15 is 0 Å². The number of nitroso groups, excluding NO2 is 1. The molecule has 0 aliphatic carbocycles. The topological polar surface area (TPSA) is 89.2 Å². The molecule has 0 spiro atoms. The minimum absolute atomic E-state index is 0.300. The lowest BCUT2D eigenvalue weighted by Crippen LogP contribution is -2.33. The minimum Gasteiger partial charge on any atom is -0.492 e. The van der Waals surface area contributed by atoms with Gasteiger partial charge in [0.25, 0.3) is 0 Å². The Morgan fingerprint density at radius 2 is 1.88 bits per heavy atom. The van der Waals surface area contributed by atoms with Crippen molar-refractivity contribution in [2.24, 2.45) is 5.18 Å². The Balaban J connectivity index is 1.27. The number of carbonyl (C=O) groups is 1. The third-order valence-electron chi connectivity index (χ3n) is 5.87. The number of benzene rings is 1. The van der Waals surface area contributed by atoms with Gasteiger partial charge in [-0.05, 0) is 60.6 Å². The third-order valence-corrected chi connectivity index (χ3v) is 6.79.